The van der Waals surface area contributed by atoms with Gasteiger partial charge in [-0.3, -0.25) is 18.7 Å². The summed E-state index contributed by atoms with van der Waals surface area (Å²) >= 11 is 0. The molecule has 1 aromatic carbocycles. The van der Waals surface area contributed by atoms with Crippen LogP contribution in [0.2, 0.25) is 0 Å². The zero-order chi connectivity index (χ0) is 17.1. The maximum absolute atomic E-state index is 13.8. The molecule has 0 saturated heterocycles. The lowest BCUT2D eigenvalue weighted by Crippen LogP contribution is -2.43. The summed E-state index contributed by atoms with van der Waals surface area (Å²) in [6.07, 6.45) is 1.18. The van der Waals surface area contributed by atoms with Gasteiger partial charge in [0.15, 0.2) is 0 Å². The van der Waals surface area contributed by atoms with Crippen molar-refractivity contribution in [3.05, 3.63) is 68.2 Å². The monoisotopic (exact) mass is 320 g/mol. The number of aromatic nitrogens is 2. The molecule has 0 spiro atoms. The van der Waals surface area contributed by atoms with Gasteiger partial charge >= 0.3 is 11.7 Å². The average molecular weight is 320 g/mol. The van der Waals surface area contributed by atoms with Crippen molar-refractivity contribution in [2.24, 2.45) is 0 Å². The molecule has 1 aromatic heterocycles. The van der Waals surface area contributed by atoms with Crippen LogP contribution in [0.4, 0.5) is 4.39 Å². The Kier molecular flexibility index (Phi) is 4.78. The van der Waals surface area contributed by atoms with Gasteiger partial charge in [-0.25, -0.2) is 9.18 Å². The molecule has 2 aromatic rings. The second kappa shape index (κ2) is 6.60. The smallest absolute Gasteiger partial charge is 0.331 e. The van der Waals surface area contributed by atoms with E-state index in [9.17, 15) is 18.8 Å². The minimum atomic E-state index is -1.20. The van der Waals surface area contributed by atoms with E-state index in [1.807, 2.05) is 0 Å². The molecule has 7 heteroatoms. The lowest BCUT2D eigenvalue weighted by molar-refractivity contribution is -0.137. The number of carboxylic acids is 1. The number of rotatable bonds is 5. The topological polar surface area (TPSA) is 81.3 Å². The van der Waals surface area contributed by atoms with Crippen molar-refractivity contribution in [2.45, 2.75) is 32.9 Å². The van der Waals surface area contributed by atoms with E-state index in [1.54, 1.807) is 26.0 Å². The van der Waals surface area contributed by atoms with Crippen molar-refractivity contribution in [1.29, 1.82) is 0 Å². The summed E-state index contributed by atoms with van der Waals surface area (Å²) in [5.74, 6) is -1.66. The molecule has 0 fully saturated rings. The van der Waals surface area contributed by atoms with Crippen LogP contribution in [0.3, 0.4) is 0 Å². The Balaban J connectivity index is 2.61. The van der Waals surface area contributed by atoms with Gasteiger partial charge in [0.1, 0.15) is 12.4 Å². The third kappa shape index (κ3) is 3.56. The highest BCUT2D eigenvalue weighted by molar-refractivity contribution is 5.66. The second-order valence-corrected chi connectivity index (χ2v) is 5.50. The maximum Gasteiger partial charge on any atom is 0.331 e. The summed E-state index contributed by atoms with van der Waals surface area (Å²) in [7, 11) is 0. The van der Waals surface area contributed by atoms with Crippen molar-refractivity contribution in [2.75, 3.05) is 0 Å². The average Bonchev–Trinajstić information content (AvgIpc) is 2.45. The number of carboxylic acid groups (broad SMARTS) is 1. The van der Waals surface area contributed by atoms with E-state index in [4.69, 9.17) is 5.11 Å². The van der Waals surface area contributed by atoms with Gasteiger partial charge in [-0.05, 0) is 25.5 Å². The summed E-state index contributed by atoms with van der Waals surface area (Å²) < 4.78 is 15.7. The molecule has 0 aliphatic heterocycles. The van der Waals surface area contributed by atoms with Gasteiger partial charge in [-0.15, -0.1) is 0 Å². The van der Waals surface area contributed by atoms with Crippen LogP contribution >= 0.6 is 0 Å². The molecular formula is C16H17FN2O4. The molecule has 122 valence electrons. The number of carbonyl (C=O) groups is 1. The van der Waals surface area contributed by atoms with Crippen LogP contribution in [0.1, 0.15) is 31.0 Å². The van der Waals surface area contributed by atoms with E-state index >= 15 is 0 Å². The van der Waals surface area contributed by atoms with E-state index in [1.165, 1.54) is 18.3 Å². The molecule has 6 nitrogen and oxygen atoms in total. The molecule has 0 saturated carbocycles. The van der Waals surface area contributed by atoms with Crippen LogP contribution in [0.5, 0.6) is 0 Å². The number of benzene rings is 1. The minimum absolute atomic E-state index is 0.0157. The summed E-state index contributed by atoms with van der Waals surface area (Å²) in [5, 5.41) is 8.91. The van der Waals surface area contributed by atoms with E-state index in [0.29, 0.717) is 5.56 Å². The summed E-state index contributed by atoms with van der Waals surface area (Å²) in [4.78, 5) is 35.6. The second-order valence-electron chi connectivity index (χ2n) is 5.50. The summed E-state index contributed by atoms with van der Waals surface area (Å²) in [6, 6.07) is 5.57. The predicted molar refractivity (Wildman–Crippen MR) is 82.2 cm³/mol. The van der Waals surface area contributed by atoms with Gasteiger partial charge in [0.25, 0.3) is 5.56 Å². The number of halogens is 1. The Hall–Kier alpha value is -2.70. The quantitative estimate of drug-likeness (QED) is 0.903. The fourth-order valence-corrected chi connectivity index (χ4v) is 2.36. The molecule has 0 aliphatic rings. The zero-order valence-corrected chi connectivity index (χ0v) is 12.8. The van der Waals surface area contributed by atoms with Crippen LogP contribution in [0.15, 0.2) is 40.1 Å². The lowest BCUT2D eigenvalue weighted by Gasteiger charge is -2.14. The SMILES string of the molecule is CC(C)n1c(=O)c(Cc2ccccc2F)cn(CC(=O)O)c1=O. The van der Waals surface area contributed by atoms with Crippen molar-refractivity contribution >= 4 is 5.97 Å². The number of hydrogen-bond donors (Lipinski definition) is 1. The molecule has 23 heavy (non-hydrogen) atoms. The predicted octanol–water partition coefficient (Wildman–Crippen LogP) is 1.41. The molecule has 0 bridgehead atoms. The van der Waals surface area contributed by atoms with Crippen molar-refractivity contribution < 1.29 is 14.3 Å². The minimum Gasteiger partial charge on any atom is -0.480 e. The molecular weight excluding hydrogens is 303 g/mol. The van der Waals surface area contributed by atoms with Crippen LogP contribution in [-0.2, 0) is 17.8 Å². The molecule has 1 heterocycles. The third-order valence-corrected chi connectivity index (χ3v) is 3.42. The summed E-state index contributed by atoms with van der Waals surface area (Å²) in [6.45, 7) is 2.75. The van der Waals surface area contributed by atoms with Gasteiger partial charge in [0.05, 0.1) is 0 Å². The first-order valence-corrected chi connectivity index (χ1v) is 7.11. The molecule has 0 atom stereocenters. The van der Waals surface area contributed by atoms with Gasteiger partial charge in [-0.2, -0.15) is 0 Å². The highest BCUT2D eigenvalue weighted by Gasteiger charge is 2.16. The molecule has 2 rings (SSSR count). The fraction of sp³-hybridized carbons (Fsp3) is 0.312. The van der Waals surface area contributed by atoms with E-state index in [0.717, 1.165) is 9.13 Å². The number of hydrogen-bond acceptors (Lipinski definition) is 3. The van der Waals surface area contributed by atoms with Crippen molar-refractivity contribution in [1.82, 2.24) is 9.13 Å². The standard InChI is InChI=1S/C16H17FN2O4/c1-10(2)19-15(22)12(7-11-5-3-4-6-13(11)17)8-18(16(19)23)9-14(20)21/h3-6,8,10H,7,9H2,1-2H3,(H,20,21). The first kappa shape index (κ1) is 16.7. The molecule has 0 amide bonds. The first-order chi connectivity index (χ1) is 10.8. The van der Waals surface area contributed by atoms with Crippen molar-refractivity contribution in [3.63, 3.8) is 0 Å². The Morgan fingerprint density at radius 3 is 2.43 bits per heavy atom. The zero-order valence-electron chi connectivity index (χ0n) is 12.8. The normalized spacial score (nSPS) is 11.0. The van der Waals surface area contributed by atoms with E-state index < -0.39 is 35.6 Å². The molecule has 0 unspecified atom stereocenters. The number of aliphatic carboxylic acids is 1. The van der Waals surface area contributed by atoms with Crippen molar-refractivity contribution in [3.8, 4) is 0 Å². The lowest BCUT2D eigenvalue weighted by atomic mass is 10.1. The Bertz CT molecular complexity index is 852. The molecule has 1 N–H and O–H groups in total. The Labute approximate surface area is 131 Å². The highest BCUT2D eigenvalue weighted by Crippen LogP contribution is 2.11. The van der Waals surface area contributed by atoms with Crippen LogP contribution in [0.25, 0.3) is 0 Å². The van der Waals surface area contributed by atoms with Gasteiger partial charge in [0.2, 0.25) is 0 Å². The first-order valence-electron chi connectivity index (χ1n) is 7.11. The largest absolute Gasteiger partial charge is 0.480 e. The third-order valence-electron chi connectivity index (χ3n) is 3.42. The van der Waals surface area contributed by atoms with E-state index in [-0.39, 0.29) is 12.0 Å². The fourth-order valence-electron chi connectivity index (χ4n) is 2.36. The van der Waals surface area contributed by atoms with Crippen LogP contribution in [0, 0.1) is 5.82 Å². The van der Waals surface area contributed by atoms with Crippen LogP contribution in [-0.4, -0.2) is 20.2 Å². The molecule has 0 radical (unpaired) electrons. The maximum atomic E-state index is 13.8. The summed E-state index contributed by atoms with van der Waals surface area (Å²) in [5.41, 5.74) is -0.746. The number of nitrogens with zero attached hydrogens (tertiary/aromatic N) is 2. The molecule has 0 aliphatic carbocycles. The van der Waals surface area contributed by atoms with Gasteiger partial charge < -0.3 is 5.11 Å². The van der Waals surface area contributed by atoms with Gasteiger partial charge in [0, 0.05) is 24.2 Å². The Morgan fingerprint density at radius 1 is 1.22 bits per heavy atom. The Morgan fingerprint density at radius 2 is 1.87 bits per heavy atom. The van der Waals surface area contributed by atoms with Crippen LogP contribution < -0.4 is 11.2 Å². The van der Waals surface area contributed by atoms with Gasteiger partial charge in [-0.1, -0.05) is 18.2 Å². The highest BCUT2D eigenvalue weighted by atomic mass is 19.1. The van der Waals surface area contributed by atoms with E-state index in [2.05, 4.69) is 0 Å².